The Morgan fingerprint density at radius 3 is 2.00 bits per heavy atom. The molecule has 0 aliphatic carbocycles. The molecular weight excluding hydrogens is 182 g/mol. The van der Waals surface area contributed by atoms with Gasteiger partial charge in [-0.3, -0.25) is 15.2 Å². The lowest BCUT2D eigenvalue weighted by Gasteiger charge is -1.98. The fourth-order valence-electron chi connectivity index (χ4n) is 0.701. The maximum Gasteiger partial charge on any atom is 0.294 e. The highest BCUT2D eigenvalue weighted by Crippen LogP contribution is 2.12. The van der Waals surface area contributed by atoms with Crippen molar-refractivity contribution in [2.75, 3.05) is 5.48 Å². The Morgan fingerprint density at radius 1 is 1.17 bits per heavy atom. The molecular formula is C6H7NO4S. The van der Waals surface area contributed by atoms with E-state index in [0.717, 1.165) is 0 Å². The number of anilines is 1. The molecule has 6 heteroatoms. The van der Waals surface area contributed by atoms with Crippen molar-refractivity contribution in [1.82, 2.24) is 0 Å². The topological polar surface area (TPSA) is 86.6 Å². The normalized spacial score (nSPS) is 11.2. The Morgan fingerprint density at radius 2 is 1.67 bits per heavy atom. The third-order valence-electron chi connectivity index (χ3n) is 1.28. The van der Waals surface area contributed by atoms with Gasteiger partial charge in [0.05, 0.1) is 10.6 Å². The van der Waals surface area contributed by atoms with Gasteiger partial charge >= 0.3 is 0 Å². The molecule has 0 unspecified atom stereocenters. The third-order valence-corrected chi connectivity index (χ3v) is 2.15. The molecule has 66 valence electrons. The molecule has 3 N–H and O–H groups in total. The van der Waals surface area contributed by atoms with Crippen LogP contribution in [0.15, 0.2) is 29.2 Å². The van der Waals surface area contributed by atoms with Gasteiger partial charge in [0.1, 0.15) is 0 Å². The zero-order chi connectivity index (χ0) is 9.19. The number of hydrogen-bond acceptors (Lipinski definition) is 4. The molecule has 0 bridgehead atoms. The van der Waals surface area contributed by atoms with Crippen molar-refractivity contribution < 1.29 is 18.2 Å². The molecule has 0 aromatic heterocycles. The summed E-state index contributed by atoms with van der Waals surface area (Å²) in [4.78, 5) is -0.207. The highest BCUT2D eigenvalue weighted by Gasteiger charge is 2.07. The van der Waals surface area contributed by atoms with Crippen LogP contribution in [0.1, 0.15) is 0 Å². The fourth-order valence-corrected chi connectivity index (χ4v) is 1.18. The summed E-state index contributed by atoms with van der Waals surface area (Å²) >= 11 is 0. The molecule has 1 aromatic rings. The van der Waals surface area contributed by atoms with Crippen molar-refractivity contribution in [3.05, 3.63) is 24.3 Å². The smallest absolute Gasteiger partial charge is 0.291 e. The number of nitrogens with one attached hydrogen (secondary N) is 1. The van der Waals surface area contributed by atoms with Crippen LogP contribution in [0.2, 0.25) is 0 Å². The minimum absolute atomic E-state index is 0.207. The summed E-state index contributed by atoms with van der Waals surface area (Å²) in [6, 6.07) is 4.99. The largest absolute Gasteiger partial charge is 0.294 e. The lowest BCUT2D eigenvalue weighted by molar-refractivity contribution is 0.389. The molecule has 0 amide bonds. The van der Waals surface area contributed by atoms with Crippen LogP contribution >= 0.6 is 0 Å². The van der Waals surface area contributed by atoms with Crippen molar-refractivity contribution in [3.8, 4) is 0 Å². The van der Waals surface area contributed by atoms with Gasteiger partial charge in [-0.1, -0.05) is 0 Å². The van der Waals surface area contributed by atoms with E-state index >= 15 is 0 Å². The first-order valence-electron chi connectivity index (χ1n) is 3.02. The summed E-state index contributed by atoms with van der Waals surface area (Å²) < 4.78 is 29.6. The molecule has 0 atom stereocenters. The van der Waals surface area contributed by atoms with Crippen molar-refractivity contribution in [3.63, 3.8) is 0 Å². The first kappa shape index (κ1) is 8.98. The van der Waals surface area contributed by atoms with Gasteiger partial charge in [0.2, 0.25) is 0 Å². The Kier molecular flexibility index (Phi) is 2.32. The third kappa shape index (κ3) is 1.94. The van der Waals surface area contributed by atoms with Gasteiger partial charge in [-0.05, 0) is 24.3 Å². The maximum absolute atomic E-state index is 10.5. The average Bonchev–Trinajstić information content (AvgIpc) is 2.03. The van der Waals surface area contributed by atoms with Crippen LogP contribution in [0, 0.1) is 0 Å². The Labute approximate surface area is 69.4 Å². The van der Waals surface area contributed by atoms with Gasteiger partial charge in [-0.15, -0.1) is 0 Å². The van der Waals surface area contributed by atoms with Crippen molar-refractivity contribution in [2.24, 2.45) is 0 Å². The zero-order valence-electron chi connectivity index (χ0n) is 5.93. The van der Waals surface area contributed by atoms with E-state index in [2.05, 4.69) is 0 Å². The maximum atomic E-state index is 10.5. The van der Waals surface area contributed by atoms with Gasteiger partial charge in [0.15, 0.2) is 0 Å². The standard InChI is InChI=1S/C6H7NO4S/c8-7-5-1-3-6(4-2-5)12(9,10)11/h1-4,7-8H,(H,9,10,11). The van der Waals surface area contributed by atoms with E-state index < -0.39 is 10.1 Å². The second-order valence-electron chi connectivity index (χ2n) is 2.11. The lowest BCUT2D eigenvalue weighted by atomic mass is 10.3. The molecule has 0 radical (unpaired) electrons. The second kappa shape index (κ2) is 3.10. The van der Waals surface area contributed by atoms with Crippen LogP contribution in [0.4, 0.5) is 5.69 Å². The van der Waals surface area contributed by atoms with Gasteiger partial charge in [0, 0.05) is 0 Å². The van der Waals surface area contributed by atoms with E-state index in [1.807, 2.05) is 5.48 Å². The molecule has 0 fully saturated rings. The summed E-state index contributed by atoms with van der Waals surface area (Å²) in [5.74, 6) is 0. The van der Waals surface area contributed by atoms with Gasteiger partial charge in [0.25, 0.3) is 10.1 Å². The first-order valence-corrected chi connectivity index (χ1v) is 4.46. The van der Waals surface area contributed by atoms with Gasteiger partial charge < -0.3 is 0 Å². The van der Waals surface area contributed by atoms with E-state index in [1.165, 1.54) is 24.3 Å². The lowest BCUT2D eigenvalue weighted by Crippen LogP contribution is -1.98. The summed E-state index contributed by atoms with van der Waals surface area (Å²) in [5.41, 5.74) is 2.18. The Bertz CT molecular complexity index is 356. The minimum atomic E-state index is -4.14. The molecule has 0 aliphatic rings. The predicted octanol–water partition coefficient (Wildman–Crippen LogP) is 0.734. The fraction of sp³-hybridized carbons (Fsp3) is 0. The zero-order valence-corrected chi connectivity index (χ0v) is 6.75. The van der Waals surface area contributed by atoms with Crippen molar-refractivity contribution >= 4 is 15.8 Å². The molecule has 0 saturated heterocycles. The van der Waals surface area contributed by atoms with Crippen molar-refractivity contribution in [1.29, 1.82) is 0 Å². The molecule has 0 spiro atoms. The number of hydrogen-bond donors (Lipinski definition) is 3. The second-order valence-corrected chi connectivity index (χ2v) is 3.53. The molecule has 5 nitrogen and oxygen atoms in total. The summed E-state index contributed by atoms with van der Waals surface area (Å²) in [6.45, 7) is 0. The molecule has 1 aromatic carbocycles. The number of rotatable bonds is 2. The summed E-state index contributed by atoms with van der Waals surface area (Å²) in [5, 5.41) is 8.37. The molecule has 0 heterocycles. The first-order chi connectivity index (χ1) is 5.54. The quantitative estimate of drug-likeness (QED) is 0.471. The molecule has 12 heavy (non-hydrogen) atoms. The highest BCUT2D eigenvalue weighted by atomic mass is 32.2. The minimum Gasteiger partial charge on any atom is -0.291 e. The Balaban J connectivity index is 3.09. The van der Waals surface area contributed by atoms with Gasteiger partial charge in [-0.2, -0.15) is 8.42 Å². The number of benzene rings is 1. The molecule has 1 rings (SSSR count). The van der Waals surface area contributed by atoms with E-state index in [1.54, 1.807) is 0 Å². The Hall–Kier alpha value is -1.11. The van der Waals surface area contributed by atoms with Crippen LogP contribution in [0.3, 0.4) is 0 Å². The monoisotopic (exact) mass is 189 g/mol. The van der Waals surface area contributed by atoms with E-state index in [0.29, 0.717) is 5.69 Å². The molecule has 0 saturated carbocycles. The van der Waals surface area contributed by atoms with Crippen LogP contribution in [-0.2, 0) is 10.1 Å². The van der Waals surface area contributed by atoms with Crippen LogP contribution < -0.4 is 5.48 Å². The SMILES string of the molecule is O=S(=O)(O)c1ccc(NO)cc1. The van der Waals surface area contributed by atoms with Gasteiger partial charge in [-0.25, -0.2) is 0 Å². The van der Waals surface area contributed by atoms with Crippen LogP contribution in [-0.4, -0.2) is 18.2 Å². The highest BCUT2D eigenvalue weighted by molar-refractivity contribution is 7.85. The van der Waals surface area contributed by atoms with E-state index in [-0.39, 0.29) is 4.90 Å². The van der Waals surface area contributed by atoms with E-state index in [9.17, 15) is 8.42 Å². The predicted molar refractivity (Wildman–Crippen MR) is 41.7 cm³/mol. The van der Waals surface area contributed by atoms with Crippen LogP contribution in [0.25, 0.3) is 0 Å². The van der Waals surface area contributed by atoms with Crippen molar-refractivity contribution in [2.45, 2.75) is 4.90 Å². The average molecular weight is 189 g/mol. The summed E-state index contributed by atoms with van der Waals surface area (Å²) in [7, 11) is -4.14. The molecule has 0 aliphatic heterocycles. The van der Waals surface area contributed by atoms with Crippen LogP contribution in [0.5, 0.6) is 0 Å². The van der Waals surface area contributed by atoms with E-state index in [4.69, 9.17) is 9.76 Å². The summed E-state index contributed by atoms with van der Waals surface area (Å²) in [6.07, 6.45) is 0.